The van der Waals surface area contributed by atoms with Crippen molar-refractivity contribution in [2.24, 2.45) is 11.8 Å². The molecule has 126 valence electrons. The highest BCUT2D eigenvalue weighted by molar-refractivity contribution is 5.92. The van der Waals surface area contributed by atoms with E-state index in [1.54, 1.807) is 12.1 Å². The number of nitrogens with one attached hydrogen (secondary N) is 1. The Morgan fingerprint density at radius 2 is 1.74 bits per heavy atom. The van der Waals surface area contributed by atoms with Gasteiger partial charge in [0.25, 0.3) is 0 Å². The Kier molecular flexibility index (Phi) is 6.13. The van der Waals surface area contributed by atoms with Gasteiger partial charge in [-0.2, -0.15) is 0 Å². The van der Waals surface area contributed by atoms with Crippen molar-refractivity contribution in [2.45, 2.75) is 39.5 Å². The topological polar surface area (TPSA) is 49.4 Å². The molecular weight excluding hydrogens is 295 g/mol. The van der Waals surface area contributed by atoms with Crippen LogP contribution in [-0.4, -0.2) is 29.8 Å². The van der Waals surface area contributed by atoms with E-state index < -0.39 is 0 Å². The van der Waals surface area contributed by atoms with Crippen molar-refractivity contribution >= 4 is 17.5 Å². The quantitative estimate of drug-likeness (QED) is 0.903. The third-order valence-electron chi connectivity index (χ3n) is 4.61. The van der Waals surface area contributed by atoms with Gasteiger partial charge in [-0.1, -0.05) is 6.07 Å². The molecule has 2 rings (SSSR count). The molecule has 0 radical (unpaired) electrons. The second-order valence-corrected chi connectivity index (χ2v) is 6.06. The summed E-state index contributed by atoms with van der Waals surface area (Å²) < 4.78 is 13.1. The first kappa shape index (κ1) is 17.4. The van der Waals surface area contributed by atoms with Gasteiger partial charge < -0.3 is 10.2 Å². The van der Waals surface area contributed by atoms with Crippen molar-refractivity contribution in [3.05, 3.63) is 30.1 Å². The Morgan fingerprint density at radius 3 is 2.30 bits per heavy atom. The Bertz CT molecular complexity index is 550. The maximum atomic E-state index is 13.1. The first-order valence-electron chi connectivity index (χ1n) is 8.40. The standard InChI is InChI=1S/C18H25FN2O2/c1-3-21(4-2)18(23)14-10-8-13(9-11-14)17(22)20-16-7-5-6-15(19)12-16/h5-7,12-14H,3-4,8-11H2,1-2H3,(H,20,22). The van der Waals surface area contributed by atoms with Crippen LogP contribution in [0.4, 0.5) is 10.1 Å². The van der Waals surface area contributed by atoms with E-state index in [1.807, 2.05) is 18.7 Å². The Balaban J connectivity index is 1.86. The van der Waals surface area contributed by atoms with Crippen molar-refractivity contribution in [3.63, 3.8) is 0 Å². The van der Waals surface area contributed by atoms with Crippen molar-refractivity contribution < 1.29 is 14.0 Å². The maximum Gasteiger partial charge on any atom is 0.227 e. The summed E-state index contributed by atoms with van der Waals surface area (Å²) in [5.41, 5.74) is 0.483. The summed E-state index contributed by atoms with van der Waals surface area (Å²) in [5, 5.41) is 2.77. The number of amides is 2. The second kappa shape index (κ2) is 8.09. The van der Waals surface area contributed by atoms with E-state index in [-0.39, 0.29) is 29.5 Å². The van der Waals surface area contributed by atoms with Crippen LogP contribution in [-0.2, 0) is 9.59 Å². The van der Waals surface area contributed by atoms with Gasteiger partial charge in [0.2, 0.25) is 11.8 Å². The first-order valence-corrected chi connectivity index (χ1v) is 8.40. The summed E-state index contributed by atoms with van der Waals surface area (Å²) >= 11 is 0. The minimum absolute atomic E-state index is 0.0353. The van der Waals surface area contributed by atoms with E-state index in [4.69, 9.17) is 0 Å². The van der Waals surface area contributed by atoms with Crippen LogP contribution < -0.4 is 5.32 Å². The van der Waals surface area contributed by atoms with Gasteiger partial charge in [0.05, 0.1) is 0 Å². The number of nitrogens with zero attached hydrogens (tertiary/aromatic N) is 1. The summed E-state index contributed by atoms with van der Waals surface area (Å²) in [5.74, 6) is -0.299. The summed E-state index contributed by atoms with van der Waals surface area (Å²) in [6.45, 7) is 5.43. The number of hydrogen-bond acceptors (Lipinski definition) is 2. The second-order valence-electron chi connectivity index (χ2n) is 6.06. The van der Waals surface area contributed by atoms with E-state index >= 15 is 0 Å². The number of rotatable bonds is 5. The summed E-state index contributed by atoms with van der Waals surface area (Å²) in [6, 6.07) is 5.91. The van der Waals surface area contributed by atoms with Gasteiger partial charge in [0, 0.05) is 30.6 Å². The molecule has 1 aliphatic carbocycles. The van der Waals surface area contributed by atoms with Gasteiger partial charge in [-0.15, -0.1) is 0 Å². The smallest absolute Gasteiger partial charge is 0.227 e. The molecule has 1 aliphatic rings. The van der Waals surface area contributed by atoms with Gasteiger partial charge in [-0.05, 0) is 57.7 Å². The number of halogens is 1. The molecule has 0 aliphatic heterocycles. The lowest BCUT2D eigenvalue weighted by Gasteiger charge is -2.30. The number of anilines is 1. The Labute approximate surface area is 137 Å². The maximum absolute atomic E-state index is 13.1. The molecule has 5 heteroatoms. The SMILES string of the molecule is CCN(CC)C(=O)C1CCC(C(=O)Nc2cccc(F)c2)CC1. The van der Waals surface area contributed by atoms with E-state index in [2.05, 4.69) is 5.32 Å². The molecule has 0 aromatic heterocycles. The molecule has 0 unspecified atom stereocenters. The molecule has 2 amide bonds. The van der Waals surface area contributed by atoms with Gasteiger partial charge in [0.1, 0.15) is 5.82 Å². The molecule has 0 saturated heterocycles. The zero-order valence-electron chi connectivity index (χ0n) is 13.8. The number of carbonyl (C=O) groups is 2. The summed E-state index contributed by atoms with van der Waals surface area (Å²) in [7, 11) is 0. The fourth-order valence-corrected chi connectivity index (χ4v) is 3.21. The van der Waals surface area contributed by atoms with Crippen molar-refractivity contribution in [2.75, 3.05) is 18.4 Å². The third kappa shape index (κ3) is 4.53. The molecule has 0 spiro atoms. The zero-order valence-corrected chi connectivity index (χ0v) is 13.8. The summed E-state index contributed by atoms with van der Waals surface area (Å²) in [6.07, 6.45) is 2.91. The van der Waals surface area contributed by atoms with Crippen molar-refractivity contribution in [3.8, 4) is 0 Å². The highest BCUT2D eigenvalue weighted by atomic mass is 19.1. The van der Waals surface area contributed by atoms with Crippen LogP contribution in [0.5, 0.6) is 0 Å². The molecule has 1 aromatic rings. The first-order chi connectivity index (χ1) is 11.0. The van der Waals surface area contributed by atoms with E-state index in [1.165, 1.54) is 12.1 Å². The molecule has 23 heavy (non-hydrogen) atoms. The van der Waals surface area contributed by atoms with Crippen LogP contribution in [0.3, 0.4) is 0 Å². The Morgan fingerprint density at radius 1 is 1.13 bits per heavy atom. The highest BCUT2D eigenvalue weighted by Gasteiger charge is 2.31. The molecule has 1 saturated carbocycles. The molecule has 1 aromatic carbocycles. The van der Waals surface area contributed by atoms with Crippen LogP contribution in [0, 0.1) is 17.7 Å². The van der Waals surface area contributed by atoms with Crippen LogP contribution in [0.1, 0.15) is 39.5 Å². The van der Waals surface area contributed by atoms with Crippen molar-refractivity contribution in [1.29, 1.82) is 0 Å². The monoisotopic (exact) mass is 320 g/mol. The molecule has 0 bridgehead atoms. The molecule has 1 N–H and O–H groups in total. The lowest BCUT2D eigenvalue weighted by molar-refractivity contribution is -0.137. The van der Waals surface area contributed by atoms with Crippen LogP contribution in [0.25, 0.3) is 0 Å². The average Bonchev–Trinajstić information content (AvgIpc) is 2.56. The molecule has 0 atom stereocenters. The summed E-state index contributed by atoms with van der Waals surface area (Å²) in [4.78, 5) is 26.5. The van der Waals surface area contributed by atoms with Gasteiger partial charge >= 0.3 is 0 Å². The highest BCUT2D eigenvalue weighted by Crippen LogP contribution is 2.31. The van der Waals surface area contributed by atoms with E-state index in [0.29, 0.717) is 18.5 Å². The predicted molar refractivity (Wildman–Crippen MR) is 88.4 cm³/mol. The van der Waals surface area contributed by atoms with Gasteiger partial charge in [-0.3, -0.25) is 9.59 Å². The van der Waals surface area contributed by atoms with E-state index in [0.717, 1.165) is 25.9 Å². The zero-order chi connectivity index (χ0) is 16.8. The number of carbonyl (C=O) groups excluding carboxylic acids is 2. The lowest BCUT2D eigenvalue weighted by atomic mass is 9.81. The van der Waals surface area contributed by atoms with Crippen LogP contribution in [0.15, 0.2) is 24.3 Å². The Hall–Kier alpha value is -1.91. The third-order valence-corrected chi connectivity index (χ3v) is 4.61. The van der Waals surface area contributed by atoms with Gasteiger partial charge in [-0.25, -0.2) is 4.39 Å². The average molecular weight is 320 g/mol. The molecule has 0 heterocycles. The molecule has 4 nitrogen and oxygen atoms in total. The van der Waals surface area contributed by atoms with Crippen LogP contribution in [0.2, 0.25) is 0 Å². The minimum atomic E-state index is -0.365. The normalized spacial score (nSPS) is 20.8. The number of hydrogen-bond donors (Lipinski definition) is 1. The largest absolute Gasteiger partial charge is 0.343 e. The molecular formula is C18H25FN2O2. The fraction of sp³-hybridized carbons (Fsp3) is 0.556. The van der Waals surface area contributed by atoms with E-state index in [9.17, 15) is 14.0 Å². The van der Waals surface area contributed by atoms with Crippen LogP contribution >= 0.6 is 0 Å². The van der Waals surface area contributed by atoms with Gasteiger partial charge in [0.15, 0.2) is 0 Å². The van der Waals surface area contributed by atoms with Crippen molar-refractivity contribution in [1.82, 2.24) is 4.90 Å². The minimum Gasteiger partial charge on any atom is -0.343 e. The molecule has 1 fully saturated rings. The lowest BCUT2D eigenvalue weighted by Crippen LogP contribution is -2.38. The fourth-order valence-electron chi connectivity index (χ4n) is 3.21. The predicted octanol–water partition coefficient (Wildman–Crippen LogP) is 3.44. The number of benzene rings is 1.